The Bertz CT molecular complexity index is 327. The summed E-state index contributed by atoms with van der Waals surface area (Å²) in [4.78, 5) is 27.0. The second-order valence-electron chi connectivity index (χ2n) is 5.36. The van der Waals surface area contributed by atoms with Crippen LogP contribution >= 0.6 is 0 Å². The van der Waals surface area contributed by atoms with Crippen molar-refractivity contribution in [2.75, 3.05) is 40.9 Å². The molecule has 1 heterocycles. The number of nitrogens with zero attached hydrogens (tertiary/aromatic N) is 2. The van der Waals surface area contributed by atoms with Gasteiger partial charge in [0.1, 0.15) is 0 Å². The molecule has 2 unspecified atom stereocenters. The van der Waals surface area contributed by atoms with Crippen molar-refractivity contribution in [1.29, 1.82) is 0 Å². The van der Waals surface area contributed by atoms with E-state index in [0.29, 0.717) is 13.1 Å². The standard InChI is InChI=1S/C14H26N2O4/c1-11(14(18)15(2)3)16(8-7-13(17)19-4)10-12-6-5-9-20-12/h11-12H,5-10H2,1-4H3. The lowest BCUT2D eigenvalue weighted by molar-refractivity contribution is -0.142. The van der Waals surface area contributed by atoms with E-state index in [1.54, 1.807) is 19.0 Å². The molecule has 1 amide bonds. The van der Waals surface area contributed by atoms with Gasteiger partial charge in [-0.05, 0) is 19.8 Å². The van der Waals surface area contributed by atoms with Crippen LogP contribution in [0.1, 0.15) is 26.2 Å². The monoisotopic (exact) mass is 286 g/mol. The fourth-order valence-electron chi connectivity index (χ4n) is 2.36. The molecular formula is C14H26N2O4. The first-order valence-corrected chi connectivity index (χ1v) is 7.09. The average molecular weight is 286 g/mol. The van der Waals surface area contributed by atoms with Gasteiger partial charge in [-0.3, -0.25) is 14.5 Å². The lowest BCUT2D eigenvalue weighted by atomic mass is 10.1. The van der Waals surface area contributed by atoms with Gasteiger partial charge in [-0.1, -0.05) is 0 Å². The van der Waals surface area contributed by atoms with Gasteiger partial charge in [-0.25, -0.2) is 0 Å². The highest BCUT2D eigenvalue weighted by atomic mass is 16.5. The van der Waals surface area contributed by atoms with E-state index in [9.17, 15) is 9.59 Å². The highest BCUT2D eigenvalue weighted by Gasteiger charge is 2.27. The van der Waals surface area contributed by atoms with Crippen LogP contribution in [-0.2, 0) is 19.1 Å². The quantitative estimate of drug-likeness (QED) is 0.638. The molecular weight excluding hydrogens is 260 g/mol. The summed E-state index contributed by atoms with van der Waals surface area (Å²) in [6.07, 6.45) is 2.52. The van der Waals surface area contributed by atoms with Crippen LogP contribution < -0.4 is 0 Å². The maximum absolute atomic E-state index is 12.1. The zero-order valence-corrected chi connectivity index (χ0v) is 12.9. The Hall–Kier alpha value is -1.14. The van der Waals surface area contributed by atoms with Gasteiger partial charge in [0, 0.05) is 33.8 Å². The number of carbonyl (C=O) groups excluding carboxylic acids is 2. The van der Waals surface area contributed by atoms with Crippen molar-refractivity contribution in [2.45, 2.75) is 38.3 Å². The van der Waals surface area contributed by atoms with E-state index in [1.807, 2.05) is 11.8 Å². The third-order valence-electron chi connectivity index (χ3n) is 3.64. The number of esters is 1. The van der Waals surface area contributed by atoms with Gasteiger partial charge in [-0.2, -0.15) is 0 Å². The molecule has 0 radical (unpaired) electrons. The summed E-state index contributed by atoms with van der Waals surface area (Å²) in [6, 6.07) is -0.265. The first-order chi connectivity index (χ1) is 9.45. The van der Waals surface area contributed by atoms with Gasteiger partial charge < -0.3 is 14.4 Å². The number of hydrogen-bond donors (Lipinski definition) is 0. The molecule has 1 aliphatic rings. The molecule has 116 valence electrons. The lowest BCUT2D eigenvalue weighted by Crippen LogP contribution is -2.48. The summed E-state index contributed by atoms with van der Waals surface area (Å²) in [7, 11) is 4.86. The topological polar surface area (TPSA) is 59.1 Å². The van der Waals surface area contributed by atoms with E-state index in [0.717, 1.165) is 19.4 Å². The molecule has 1 saturated heterocycles. The predicted octanol–water partition coefficient (Wildman–Crippen LogP) is 0.507. The van der Waals surface area contributed by atoms with Crippen LogP contribution in [0.2, 0.25) is 0 Å². The van der Waals surface area contributed by atoms with Crippen molar-refractivity contribution < 1.29 is 19.1 Å². The van der Waals surface area contributed by atoms with E-state index in [-0.39, 0.29) is 30.4 Å². The van der Waals surface area contributed by atoms with E-state index in [1.165, 1.54) is 7.11 Å². The zero-order chi connectivity index (χ0) is 15.1. The van der Waals surface area contributed by atoms with Crippen molar-refractivity contribution in [2.24, 2.45) is 0 Å². The smallest absolute Gasteiger partial charge is 0.306 e. The summed E-state index contributed by atoms with van der Waals surface area (Å²) in [6.45, 7) is 3.84. The van der Waals surface area contributed by atoms with Crippen LogP contribution in [0, 0.1) is 0 Å². The Kier molecular flexibility index (Phi) is 6.95. The Labute approximate surface area is 121 Å². The van der Waals surface area contributed by atoms with E-state index >= 15 is 0 Å². The van der Waals surface area contributed by atoms with Crippen LogP contribution in [-0.4, -0.2) is 74.7 Å². The van der Waals surface area contributed by atoms with Gasteiger partial charge in [0.15, 0.2) is 0 Å². The molecule has 0 aromatic rings. The Morgan fingerprint density at radius 1 is 1.40 bits per heavy atom. The third kappa shape index (κ3) is 5.09. The van der Waals surface area contributed by atoms with Gasteiger partial charge >= 0.3 is 5.97 Å². The minimum atomic E-state index is -0.265. The lowest BCUT2D eigenvalue weighted by Gasteiger charge is -2.31. The molecule has 6 nitrogen and oxygen atoms in total. The normalized spacial score (nSPS) is 19.9. The van der Waals surface area contributed by atoms with Crippen LogP contribution in [0.4, 0.5) is 0 Å². The first-order valence-electron chi connectivity index (χ1n) is 7.09. The zero-order valence-electron chi connectivity index (χ0n) is 12.9. The molecule has 1 fully saturated rings. The van der Waals surface area contributed by atoms with Crippen molar-refractivity contribution in [3.8, 4) is 0 Å². The number of likely N-dealkylation sites (N-methyl/N-ethyl adjacent to an activating group) is 1. The summed E-state index contributed by atoms with van der Waals surface area (Å²) in [5.74, 6) is -0.222. The number of methoxy groups -OCH3 is 1. The maximum Gasteiger partial charge on any atom is 0.306 e. The fraction of sp³-hybridized carbons (Fsp3) is 0.857. The molecule has 2 atom stereocenters. The van der Waals surface area contributed by atoms with Crippen molar-refractivity contribution in [3.63, 3.8) is 0 Å². The molecule has 6 heteroatoms. The summed E-state index contributed by atoms with van der Waals surface area (Å²) in [5.41, 5.74) is 0. The highest BCUT2D eigenvalue weighted by Crippen LogP contribution is 2.15. The molecule has 1 rings (SSSR count). The largest absolute Gasteiger partial charge is 0.469 e. The maximum atomic E-state index is 12.1. The second kappa shape index (κ2) is 8.21. The fourth-order valence-corrected chi connectivity index (χ4v) is 2.36. The van der Waals surface area contributed by atoms with Crippen LogP contribution in [0.3, 0.4) is 0 Å². The number of carbonyl (C=O) groups is 2. The molecule has 1 aliphatic heterocycles. The Morgan fingerprint density at radius 2 is 2.10 bits per heavy atom. The predicted molar refractivity (Wildman–Crippen MR) is 75.3 cm³/mol. The molecule has 0 aromatic carbocycles. The van der Waals surface area contributed by atoms with Crippen LogP contribution in [0.15, 0.2) is 0 Å². The van der Waals surface area contributed by atoms with E-state index in [2.05, 4.69) is 4.74 Å². The molecule has 0 saturated carbocycles. The molecule has 0 spiro atoms. The Balaban J connectivity index is 2.61. The summed E-state index contributed by atoms with van der Waals surface area (Å²) < 4.78 is 10.3. The van der Waals surface area contributed by atoms with Crippen LogP contribution in [0.5, 0.6) is 0 Å². The van der Waals surface area contributed by atoms with Crippen LogP contribution in [0.25, 0.3) is 0 Å². The second-order valence-corrected chi connectivity index (χ2v) is 5.36. The minimum Gasteiger partial charge on any atom is -0.469 e. The number of ether oxygens (including phenoxy) is 2. The number of hydrogen-bond acceptors (Lipinski definition) is 5. The average Bonchev–Trinajstić information content (AvgIpc) is 2.94. The SMILES string of the molecule is COC(=O)CCN(CC1CCCO1)C(C)C(=O)N(C)C. The third-order valence-corrected chi connectivity index (χ3v) is 3.64. The molecule has 0 aliphatic carbocycles. The van der Waals surface area contributed by atoms with Gasteiger partial charge in [0.05, 0.1) is 25.7 Å². The van der Waals surface area contributed by atoms with Crippen molar-refractivity contribution >= 4 is 11.9 Å². The molecule has 0 N–H and O–H groups in total. The number of rotatable bonds is 7. The van der Waals surface area contributed by atoms with E-state index < -0.39 is 0 Å². The molecule has 0 bridgehead atoms. The summed E-state index contributed by atoms with van der Waals surface area (Å²) in [5, 5.41) is 0. The van der Waals surface area contributed by atoms with Crippen molar-refractivity contribution in [3.05, 3.63) is 0 Å². The number of amides is 1. The first kappa shape index (κ1) is 16.9. The minimum absolute atomic E-state index is 0.0351. The Morgan fingerprint density at radius 3 is 2.60 bits per heavy atom. The van der Waals surface area contributed by atoms with Gasteiger partial charge in [-0.15, -0.1) is 0 Å². The van der Waals surface area contributed by atoms with Crippen molar-refractivity contribution in [1.82, 2.24) is 9.80 Å². The highest BCUT2D eigenvalue weighted by molar-refractivity contribution is 5.81. The van der Waals surface area contributed by atoms with Gasteiger partial charge in [0.25, 0.3) is 0 Å². The molecule has 20 heavy (non-hydrogen) atoms. The summed E-state index contributed by atoms with van der Waals surface area (Å²) >= 11 is 0. The van der Waals surface area contributed by atoms with E-state index in [4.69, 9.17) is 4.74 Å². The van der Waals surface area contributed by atoms with Gasteiger partial charge in [0.2, 0.25) is 5.91 Å². The molecule has 0 aromatic heterocycles.